The lowest BCUT2D eigenvalue weighted by Gasteiger charge is -2.14. The highest BCUT2D eigenvalue weighted by Crippen LogP contribution is 2.26. The van der Waals surface area contributed by atoms with Crippen molar-refractivity contribution in [3.63, 3.8) is 0 Å². The topological polar surface area (TPSA) is 37.4 Å². The molecule has 15 heavy (non-hydrogen) atoms. The third kappa shape index (κ3) is 1.28. The summed E-state index contributed by atoms with van der Waals surface area (Å²) in [7, 11) is 0. The number of carbonyl (C=O) groups is 2. The number of fused-ring (bicyclic) bond motifs is 1. The van der Waals surface area contributed by atoms with Gasteiger partial charge in [0.25, 0.3) is 11.8 Å². The molecule has 1 aromatic rings. The number of imide groups is 1. The van der Waals surface area contributed by atoms with E-state index in [1.165, 1.54) is 0 Å². The lowest BCUT2D eigenvalue weighted by molar-refractivity contribution is 0.0701. The molecule has 1 heterocycles. The Balaban J connectivity index is 2.50. The van der Waals surface area contributed by atoms with E-state index in [4.69, 9.17) is 0 Å². The zero-order chi connectivity index (χ0) is 11.0. The van der Waals surface area contributed by atoms with E-state index < -0.39 is 0 Å². The maximum atomic E-state index is 11.9. The predicted molar refractivity (Wildman–Crippen MR) is 56.4 cm³/mol. The van der Waals surface area contributed by atoms with Crippen molar-refractivity contribution in [1.82, 2.24) is 4.90 Å². The van der Waals surface area contributed by atoms with Crippen LogP contribution in [-0.4, -0.2) is 16.7 Å². The van der Waals surface area contributed by atoms with Crippen molar-refractivity contribution in [3.8, 4) is 0 Å². The highest BCUT2D eigenvalue weighted by molar-refractivity contribution is 6.22. The van der Waals surface area contributed by atoms with Crippen LogP contribution in [0.15, 0.2) is 36.5 Å². The Kier molecular flexibility index (Phi) is 2.15. The van der Waals surface area contributed by atoms with Gasteiger partial charge in [0.15, 0.2) is 0 Å². The average Bonchev–Trinajstić information content (AvgIpc) is 2.52. The van der Waals surface area contributed by atoms with Crippen molar-refractivity contribution in [1.29, 1.82) is 0 Å². The average molecular weight is 201 g/mol. The first-order valence-corrected chi connectivity index (χ1v) is 4.82. The summed E-state index contributed by atoms with van der Waals surface area (Å²) in [4.78, 5) is 24.9. The standard InChI is InChI=1S/C12H11NO2/c1-3-8(2)13-11(14)9-6-4-5-7-10(9)12(13)15/h4-7H,2-3H2,1H3. The molecular formula is C12H11NO2. The molecule has 3 nitrogen and oxygen atoms in total. The SMILES string of the molecule is C=C(CC)N1C(=O)c2ccccc2C1=O. The molecule has 1 aromatic carbocycles. The fourth-order valence-corrected chi connectivity index (χ4v) is 1.63. The molecule has 0 saturated heterocycles. The summed E-state index contributed by atoms with van der Waals surface area (Å²) in [5.41, 5.74) is 1.48. The predicted octanol–water partition coefficient (Wildman–Crippen LogP) is 2.21. The van der Waals surface area contributed by atoms with Crippen LogP contribution in [0, 0.1) is 0 Å². The van der Waals surface area contributed by atoms with Gasteiger partial charge in [0.05, 0.1) is 11.1 Å². The third-order valence-corrected chi connectivity index (χ3v) is 2.52. The van der Waals surface area contributed by atoms with Crippen molar-refractivity contribution in [2.45, 2.75) is 13.3 Å². The van der Waals surface area contributed by atoms with Crippen LogP contribution in [0.5, 0.6) is 0 Å². The quantitative estimate of drug-likeness (QED) is 0.688. The first-order chi connectivity index (χ1) is 7.16. The van der Waals surface area contributed by atoms with Gasteiger partial charge in [0, 0.05) is 5.70 Å². The van der Waals surface area contributed by atoms with Crippen LogP contribution in [-0.2, 0) is 0 Å². The third-order valence-electron chi connectivity index (χ3n) is 2.52. The summed E-state index contributed by atoms with van der Waals surface area (Å²) in [6.07, 6.45) is 0.589. The van der Waals surface area contributed by atoms with E-state index in [0.717, 1.165) is 4.90 Å². The molecule has 0 aliphatic carbocycles. The Hall–Kier alpha value is -1.90. The van der Waals surface area contributed by atoms with Crippen molar-refractivity contribution >= 4 is 11.8 Å². The second kappa shape index (κ2) is 3.35. The Morgan fingerprint density at radius 2 is 1.67 bits per heavy atom. The molecule has 0 unspecified atom stereocenters. The van der Waals surface area contributed by atoms with Crippen molar-refractivity contribution in [2.24, 2.45) is 0 Å². The van der Waals surface area contributed by atoms with Gasteiger partial charge in [-0.05, 0) is 18.6 Å². The van der Waals surface area contributed by atoms with Gasteiger partial charge in [-0.15, -0.1) is 0 Å². The molecule has 0 fully saturated rings. The van der Waals surface area contributed by atoms with Crippen molar-refractivity contribution in [3.05, 3.63) is 47.7 Å². The zero-order valence-electron chi connectivity index (χ0n) is 8.49. The van der Waals surface area contributed by atoms with E-state index in [0.29, 0.717) is 23.2 Å². The normalized spacial score (nSPS) is 14.3. The Morgan fingerprint density at radius 1 is 1.20 bits per heavy atom. The van der Waals surface area contributed by atoms with Gasteiger partial charge in [-0.25, -0.2) is 4.90 Å². The highest BCUT2D eigenvalue weighted by Gasteiger charge is 2.35. The van der Waals surface area contributed by atoms with Gasteiger partial charge in [-0.1, -0.05) is 25.6 Å². The van der Waals surface area contributed by atoms with Crippen molar-refractivity contribution < 1.29 is 9.59 Å². The van der Waals surface area contributed by atoms with Crippen LogP contribution in [0.1, 0.15) is 34.1 Å². The summed E-state index contributed by atoms with van der Waals surface area (Å²) in [6.45, 7) is 5.59. The van der Waals surface area contributed by atoms with Gasteiger partial charge >= 0.3 is 0 Å². The Morgan fingerprint density at radius 3 is 2.07 bits per heavy atom. The van der Waals surface area contributed by atoms with E-state index in [9.17, 15) is 9.59 Å². The molecule has 0 radical (unpaired) electrons. The highest BCUT2D eigenvalue weighted by atomic mass is 16.2. The molecular weight excluding hydrogens is 190 g/mol. The fraction of sp³-hybridized carbons (Fsp3) is 0.167. The second-order valence-corrected chi connectivity index (χ2v) is 3.41. The summed E-state index contributed by atoms with van der Waals surface area (Å²) < 4.78 is 0. The smallest absolute Gasteiger partial charge is 0.265 e. The molecule has 3 heteroatoms. The molecule has 0 saturated carbocycles. The number of amides is 2. The van der Waals surface area contributed by atoms with Gasteiger partial charge in [-0.2, -0.15) is 0 Å². The summed E-state index contributed by atoms with van der Waals surface area (Å²) >= 11 is 0. The first-order valence-electron chi connectivity index (χ1n) is 4.82. The molecule has 0 aromatic heterocycles. The number of hydrogen-bond acceptors (Lipinski definition) is 2. The van der Waals surface area contributed by atoms with Gasteiger partial charge in [0.2, 0.25) is 0 Å². The number of nitrogens with zero attached hydrogens (tertiary/aromatic N) is 1. The summed E-state index contributed by atoms with van der Waals surface area (Å²) in [6, 6.07) is 6.83. The van der Waals surface area contributed by atoms with Crippen molar-refractivity contribution in [2.75, 3.05) is 0 Å². The molecule has 2 rings (SSSR count). The molecule has 1 aliphatic rings. The molecule has 2 amide bonds. The van der Waals surface area contributed by atoms with E-state index in [2.05, 4.69) is 6.58 Å². The minimum atomic E-state index is -0.262. The summed E-state index contributed by atoms with van der Waals surface area (Å²) in [5.74, 6) is -0.523. The monoisotopic (exact) mass is 201 g/mol. The molecule has 0 bridgehead atoms. The van der Waals surface area contributed by atoms with Gasteiger partial charge in [0.1, 0.15) is 0 Å². The van der Waals surface area contributed by atoms with Crippen LogP contribution in [0.25, 0.3) is 0 Å². The zero-order valence-corrected chi connectivity index (χ0v) is 8.49. The molecule has 0 N–H and O–H groups in total. The number of rotatable bonds is 2. The molecule has 76 valence electrons. The lowest BCUT2D eigenvalue weighted by Crippen LogP contribution is -2.28. The number of benzene rings is 1. The molecule has 0 spiro atoms. The fourth-order valence-electron chi connectivity index (χ4n) is 1.63. The first kappa shape index (κ1) is 9.65. The van der Waals surface area contributed by atoms with E-state index in [-0.39, 0.29) is 11.8 Å². The largest absolute Gasteiger partial charge is 0.268 e. The van der Waals surface area contributed by atoms with Crippen LogP contribution >= 0.6 is 0 Å². The molecule has 1 aliphatic heterocycles. The minimum Gasteiger partial charge on any atom is -0.268 e. The van der Waals surface area contributed by atoms with Gasteiger partial charge in [-0.3, -0.25) is 9.59 Å². The molecule has 0 atom stereocenters. The second-order valence-electron chi connectivity index (χ2n) is 3.41. The Bertz CT molecular complexity index is 427. The number of carbonyl (C=O) groups excluding carboxylic acids is 2. The number of hydrogen-bond donors (Lipinski definition) is 0. The maximum Gasteiger partial charge on any atom is 0.265 e. The lowest BCUT2D eigenvalue weighted by atomic mass is 10.1. The van der Waals surface area contributed by atoms with Crippen LogP contribution in [0.4, 0.5) is 0 Å². The maximum absolute atomic E-state index is 11.9. The van der Waals surface area contributed by atoms with Gasteiger partial charge < -0.3 is 0 Å². The number of allylic oxidation sites excluding steroid dienone is 1. The van der Waals surface area contributed by atoms with Crippen LogP contribution in [0.3, 0.4) is 0 Å². The van der Waals surface area contributed by atoms with E-state index in [1.807, 2.05) is 6.92 Å². The van der Waals surface area contributed by atoms with Crippen LogP contribution in [0.2, 0.25) is 0 Å². The minimum absolute atomic E-state index is 0.262. The van der Waals surface area contributed by atoms with E-state index >= 15 is 0 Å². The Labute approximate surface area is 88.0 Å². The summed E-state index contributed by atoms with van der Waals surface area (Å²) in [5, 5.41) is 0. The van der Waals surface area contributed by atoms with E-state index in [1.54, 1.807) is 24.3 Å². The van der Waals surface area contributed by atoms with Crippen LogP contribution < -0.4 is 0 Å².